The number of hydrogen-bond donors (Lipinski definition) is 0. The van der Waals surface area contributed by atoms with Gasteiger partial charge in [-0.1, -0.05) is 18.9 Å². The van der Waals surface area contributed by atoms with Crippen LogP contribution < -0.4 is 4.74 Å². The number of carbonyl (C=O) groups is 5. The second-order valence-corrected chi connectivity index (χ2v) is 13.1. The van der Waals surface area contributed by atoms with E-state index in [0.29, 0.717) is 24.0 Å². The van der Waals surface area contributed by atoms with Gasteiger partial charge >= 0.3 is 29.8 Å². The molecule has 1 saturated heterocycles. The SMILES string of the molecule is C#C[C@@]1(OC(C)=O)CC[C@@H]2[C@H]3CCc4cc(OC5OC(C(=O)OC)C(OC(C)=O)C(OC(C)=O)C5OC(C)=O)ccc4[C@@H]3CC[C@]21C. The van der Waals surface area contributed by atoms with Crippen LogP contribution in [-0.2, 0) is 58.8 Å². The van der Waals surface area contributed by atoms with E-state index in [0.717, 1.165) is 65.5 Å². The summed E-state index contributed by atoms with van der Waals surface area (Å²) in [5.41, 5.74) is 1.10. The van der Waals surface area contributed by atoms with E-state index in [2.05, 4.69) is 12.8 Å². The van der Waals surface area contributed by atoms with E-state index in [9.17, 15) is 24.0 Å². The lowest BCUT2D eigenvalue weighted by atomic mass is 9.53. The van der Waals surface area contributed by atoms with Crippen LogP contribution in [0.15, 0.2) is 18.2 Å². The van der Waals surface area contributed by atoms with Gasteiger partial charge in [-0.2, -0.15) is 0 Å². The Hall–Kier alpha value is -4.11. The fourth-order valence-electron chi connectivity index (χ4n) is 8.62. The monoisotopic (exact) mass is 654 g/mol. The van der Waals surface area contributed by atoms with Gasteiger partial charge in [0.1, 0.15) is 5.75 Å². The highest BCUT2D eigenvalue weighted by molar-refractivity contribution is 5.77. The highest BCUT2D eigenvalue weighted by Crippen LogP contribution is 2.65. The van der Waals surface area contributed by atoms with Gasteiger partial charge in [-0.25, -0.2) is 4.79 Å². The second-order valence-electron chi connectivity index (χ2n) is 13.1. The summed E-state index contributed by atoms with van der Waals surface area (Å²) >= 11 is 0. The Kier molecular flexibility index (Phi) is 9.60. The molecule has 1 aromatic carbocycles. The van der Waals surface area contributed by atoms with Crippen LogP contribution in [0.4, 0.5) is 0 Å². The predicted molar refractivity (Wildman–Crippen MR) is 162 cm³/mol. The second kappa shape index (κ2) is 13.2. The van der Waals surface area contributed by atoms with Crippen LogP contribution in [0.2, 0.25) is 0 Å². The first-order chi connectivity index (χ1) is 22.2. The molecule has 10 atom stereocenters. The van der Waals surface area contributed by atoms with E-state index in [1.807, 2.05) is 12.1 Å². The number of carbonyl (C=O) groups excluding carboxylic acids is 5. The third kappa shape index (κ3) is 6.30. The number of benzene rings is 1. The first-order valence-corrected chi connectivity index (χ1v) is 16.0. The van der Waals surface area contributed by atoms with Crippen LogP contribution in [0.25, 0.3) is 0 Å². The van der Waals surface area contributed by atoms with Crippen LogP contribution in [0.5, 0.6) is 5.75 Å². The average Bonchev–Trinajstić information content (AvgIpc) is 3.30. The van der Waals surface area contributed by atoms with Crippen molar-refractivity contribution in [1.82, 2.24) is 0 Å². The average molecular weight is 655 g/mol. The third-order valence-corrected chi connectivity index (χ3v) is 10.5. The lowest BCUT2D eigenvalue weighted by molar-refractivity contribution is -0.282. The standard InChI is InChI=1S/C35H42O12/c1-8-35(47-21(5)39)16-14-27-26-11-9-22-17-23(10-12-24(22)25(26)13-15-34(27,35)6)45-33-31(44-20(4)38)29(43-19(3)37)28(42-18(2)36)30(46-33)32(40)41-7/h1,10,12,17,25-31,33H,9,11,13-16H2,2-7H3/t25-,26-,27+,28?,29?,30?,31?,33?,34+,35+/m0/s1. The summed E-state index contributed by atoms with van der Waals surface area (Å²) in [6, 6.07) is 5.71. The molecule has 0 amide bonds. The van der Waals surface area contributed by atoms with Crippen LogP contribution in [0.1, 0.15) is 83.8 Å². The van der Waals surface area contributed by atoms with Crippen molar-refractivity contribution in [3.8, 4) is 18.1 Å². The Bertz CT molecular complexity index is 1480. The van der Waals surface area contributed by atoms with E-state index < -0.39 is 60.2 Å². The van der Waals surface area contributed by atoms with Crippen molar-refractivity contribution in [1.29, 1.82) is 0 Å². The molecule has 1 aromatic rings. The molecule has 5 unspecified atom stereocenters. The quantitative estimate of drug-likeness (QED) is 0.240. The van der Waals surface area contributed by atoms with Crippen molar-refractivity contribution in [3.63, 3.8) is 0 Å². The van der Waals surface area contributed by atoms with Gasteiger partial charge in [-0.15, -0.1) is 6.42 Å². The molecule has 2 saturated carbocycles. The van der Waals surface area contributed by atoms with Crippen molar-refractivity contribution in [3.05, 3.63) is 29.3 Å². The molecule has 3 fully saturated rings. The molecular weight excluding hydrogens is 612 g/mol. The molecule has 3 aliphatic carbocycles. The van der Waals surface area contributed by atoms with Gasteiger partial charge in [0.2, 0.25) is 12.4 Å². The normalized spacial score (nSPS) is 35.4. The molecule has 0 N–H and O–H groups in total. The number of aryl methyl sites for hydroxylation is 1. The molecule has 12 heteroatoms. The number of rotatable bonds is 7. The Morgan fingerprint density at radius 2 is 1.53 bits per heavy atom. The minimum atomic E-state index is -1.55. The Morgan fingerprint density at radius 3 is 2.15 bits per heavy atom. The molecule has 0 bridgehead atoms. The van der Waals surface area contributed by atoms with Gasteiger partial charge in [-0.05, 0) is 79.5 Å². The van der Waals surface area contributed by atoms with Crippen molar-refractivity contribution in [2.75, 3.05) is 7.11 Å². The fourth-order valence-corrected chi connectivity index (χ4v) is 8.62. The number of methoxy groups -OCH3 is 1. The molecule has 1 heterocycles. The van der Waals surface area contributed by atoms with Gasteiger partial charge in [0.25, 0.3) is 0 Å². The topological polar surface area (TPSA) is 150 Å². The van der Waals surface area contributed by atoms with Crippen LogP contribution in [-0.4, -0.2) is 73.3 Å². The molecular formula is C35H42O12. The fraction of sp³-hybridized carbons (Fsp3) is 0.629. The van der Waals surface area contributed by atoms with Crippen molar-refractivity contribution >= 4 is 29.8 Å². The van der Waals surface area contributed by atoms with E-state index in [1.54, 1.807) is 6.07 Å². The van der Waals surface area contributed by atoms with E-state index >= 15 is 0 Å². The summed E-state index contributed by atoms with van der Waals surface area (Å²) in [4.78, 5) is 61.1. The zero-order valence-electron chi connectivity index (χ0n) is 27.6. The summed E-state index contributed by atoms with van der Waals surface area (Å²) in [6.07, 6.45) is 3.68. The molecule has 0 spiro atoms. The van der Waals surface area contributed by atoms with Crippen molar-refractivity contribution in [2.24, 2.45) is 17.3 Å². The summed E-state index contributed by atoms with van der Waals surface area (Å²) in [6.45, 7) is 6.99. The van der Waals surface area contributed by atoms with Gasteiger partial charge in [-0.3, -0.25) is 19.2 Å². The minimum absolute atomic E-state index is 0.290. The Balaban J connectivity index is 1.42. The molecule has 0 aromatic heterocycles. The first kappa shape index (κ1) is 34.2. The minimum Gasteiger partial charge on any atom is -0.467 e. The number of terminal acetylenes is 1. The number of fused-ring (bicyclic) bond motifs is 5. The highest BCUT2D eigenvalue weighted by atomic mass is 16.7. The first-order valence-electron chi connectivity index (χ1n) is 16.0. The number of ether oxygens (including phenoxy) is 7. The summed E-state index contributed by atoms with van der Waals surface area (Å²) in [5, 5.41) is 0. The maximum absolute atomic E-state index is 12.8. The smallest absolute Gasteiger partial charge is 0.339 e. The highest BCUT2D eigenvalue weighted by Gasteiger charge is 2.63. The van der Waals surface area contributed by atoms with Crippen LogP contribution in [0, 0.1) is 29.6 Å². The molecule has 0 radical (unpaired) electrons. The molecule has 1 aliphatic heterocycles. The zero-order valence-corrected chi connectivity index (χ0v) is 27.6. The Labute approximate surface area is 274 Å². The maximum atomic E-state index is 12.8. The van der Waals surface area contributed by atoms with Crippen molar-refractivity contribution in [2.45, 2.75) is 115 Å². The van der Waals surface area contributed by atoms with Gasteiger partial charge < -0.3 is 33.2 Å². The van der Waals surface area contributed by atoms with Crippen LogP contribution >= 0.6 is 0 Å². The zero-order chi connectivity index (χ0) is 34.3. The van der Waals surface area contributed by atoms with Gasteiger partial charge in [0, 0.05) is 33.1 Å². The van der Waals surface area contributed by atoms with Gasteiger partial charge in [0.15, 0.2) is 23.9 Å². The lowest BCUT2D eigenvalue weighted by Crippen LogP contribution is -2.64. The molecule has 12 nitrogen and oxygen atoms in total. The molecule has 4 aliphatic rings. The summed E-state index contributed by atoms with van der Waals surface area (Å²) in [7, 11) is 1.13. The van der Waals surface area contributed by atoms with E-state index in [4.69, 9.17) is 39.6 Å². The summed E-state index contributed by atoms with van der Waals surface area (Å²) < 4.78 is 39.1. The van der Waals surface area contributed by atoms with Crippen LogP contribution in [0.3, 0.4) is 0 Å². The molecule has 254 valence electrons. The Morgan fingerprint density at radius 1 is 0.872 bits per heavy atom. The maximum Gasteiger partial charge on any atom is 0.339 e. The van der Waals surface area contributed by atoms with Gasteiger partial charge in [0.05, 0.1) is 7.11 Å². The predicted octanol–water partition coefficient (Wildman–Crippen LogP) is 3.55. The largest absolute Gasteiger partial charge is 0.467 e. The number of hydrogen-bond acceptors (Lipinski definition) is 12. The summed E-state index contributed by atoms with van der Waals surface area (Å²) in [5.74, 6) is 0.676. The number of esters is 5. The molecule has 5 rings (SSSR count). The van der Waals surface area contributed by atoms with Crippen molar-refractivity contribution < 1.29 is 57.1 Å². The van der Waals surface area contributed by atoms with E-state index in [1.165, 1.54) is 12.5 Å². The lowest BCUT2D eigenvalue weighted by Gasteiger charge is -2.52. The third-order valence-electron chi connectivity index (χ3n) is 10.5. The molecule has 47 heavy (non-hydrogen) atoms. The van der Waals surface area contributed by atoms with E-state index in [-0.39, 0.29) is 17.3 Å².